The lowest BCUT2D eigenvalue weighted by Crippen LogP contribution is -2.01. The SMILES string of the molecule is C=CCSc1ccccc1NCc1ccc(C(C)C)cc1. The van der Waals surface area contributed by atoms with Crippen LogP contribution in [-0.2, 0) is 6.54 Å². The highest BCUT2D eigenvalue weighted by molar-refractivity contribution is 7.99. The molecule has 0 fully saturated rings. The van der Waals surface area contributed by atoms with Gasteiger partial charge in [0, 0.05) is 22.9 Å². The maximum absolute atomic E-state index is 3.78. The molecule has 110 valence electrons. The Hall–Kier alpha value is -1.67. The molecular formula is C19H23NS. The molecule has 0 saturated heterocycles. The van der Waals surface area contributed by atoms with E-state index in [4.69, 9.17) is 0 Å². The summed E-state index contributed by atoms with van der Waals surface area (Å²) in [5.74, 6) is 1.52. The van der Waals surface area contributed by atoms with Crippen molar-refractivity contribution in [3.63, 3.8) is 0 Å². The van der Waals surface area contributed by atoms with Gasteiger partial charge >= 0.3 is 0 Å². The molecule has 0 atom stereocenters. The Morgan fingerprint density at radius 3 is 2.48 bits per heavy atom. The van der Waals surface area contributed by atoms with Crippen molar-refractivity contribution in [3.05, 3.63) is 72.3 Å². The van der Waals surface area contributed by atoms with Crippen molar-refractivity contribution in [3.8, 4) is 0 Å². The molecule has 0 aliphatic carbocycles. The lowest BCUT2D eigenvalue weighted by molar-refractivity contribution is 0.865. The van der Waals surface area contributed by atoms with E-state index in [1.54, 1.807) is 0 Å². The minimum absolute atomic E-state index is 0.586. The number of nitrogens with one attached hydrogen (secondary N) is 1. The lowest BCUT2D eigenvalue weighted by atomic mass is 10.0. The number of anilines is 1. The fourth-order valence-electron chi connectivity index (χ4n) is 2.10. The van der Waals surface area contributed by atoms with Gasteiger partial charge in [-0.05, 0) is 29.2 Å². The fourth-order valence-corrected chi connectivity index (χ4v) is 2.87. The molecule has 0 aliphatic rings. The molecule has 0 bridgehead atoms. The van der Waals surface area contributed by atoms with Crippen LogP contribution in [0.1, 0.15) is 30.9 Å². The van der Waals surface area contributed by atoms with Crippen LogP contribution in [0.25, 0.3) is 0 Å². The molecule has 0 unspecified atom stereocenters. The molecule has 0 spiro atoms. The highest BCUT2D eigenvalue weighted by Gasteiger charge is 2.02. The van der Waals surface area contributed by atoms with Gasteiger partial charge in [-0.1, -0.05) is 56.3 Å². The van der Waals surface area contributed by atoms with Crippen LogP contribution in [0.15, 0.2) is 66.1 Å². The van der Waals surface area contributed by atoms with Crippen molar-refractivity contribution < 1.29 is 0 Å². The number of thioether (sulfide) groups is 1. The molecular weight excluding hydrogens is 274 g/mol. The summed E-state index contributed by atoms with van der Waals surface area (Å²) < 4.78 is 0. The summed E-state index contributed by atoms with van der Waals surface area (Å²) in [6.07, 6.45) is 1.94. The molecule has 0 heterocycles. The van der Waals surface area contributed by atoms with E-state index in [2.05, 4.69) is 74.3 Å². The average Bonchev–Trinajstić information content (AvgIpc) is 2.52. The topological polar surface area (TPSA) is 12.0 Å². The van der Waals surface area contributed by atoms with Crippen LogP contribution >= 0.6 is 11.8 Å². The number of hydrogen-bond donors (Lipinski definition) is 1. The first kappa shape index (κ1) is 15.7. The van der Waals surface area contributed by atoms with Crippen LogP contribution in [0, 0.1) is 0 Å². The van der Waals surface area contributed by atoms with Crippen molar-refractivity contribution in [2.24, 2.45) is 0 Å². The Balaban J connectivity index is 2.00. The summed E-state index contributed by atoms with van der Waals surface area (Å²) >= 11 is 1.81. The van der Waals surface area contributed by atoms with Gasteiger partial charge < -0.3 is 5.32 Å². The monoisotopic (exact) mass is 297 g/mol. The number of benzene rings is 2. The highest BCUT2D eigenvalue weighted by atomic mass is 32.2. The third kappa shape index (κ3) is 4.68. The molecule has 2 heteroatoms. The maximum atomic E-state index is 3.78. The van der Waals surface area contributed by atoms with Gasteiger partial charge in [-0.15, -0.1) is 18.3 Å². The smallest absolute Gasteiger partial charge is 0.0481 e. The summed E-state index contributed by atoms with van der Waals surface area (Å²) in [5, 5.41) is 3.53. The summed E-state index contributed by atoms with van der Waals surface area (Å²) in [4.78, 5) is 1.27. The fraction of sp³-hybridized carbons (Fsp3) is 0.263. The summed E-state index contributed by atoms with van der Waals surface area (Å²) in [6.45, 7) is 9.08. The standard InChI is InChI=1S/C19H23NS/c1-4-13-21-19-8-6-5-7-18(19)20-14-16-9-11-17(12-10-16)15(2)3/h4-12,15,20H,1,13-14H2,2-3H3. The van der Waals surface area contributed by atoms with E-state index in [9.17, 15) is 0 Å². The van der Waals surface area contributed by atoms with Gasteiger partial charge in [0.25, 0.3) is 0 Å². The Labute approximate surface area is 132 Å². The zero-order valence-electron chi connectivity index (χ0n) is 12.8. The molecule has 21 heavy (non-hydrogen) atoms. The predicted molar refractivity (Wildman–Crippen MR) is 95.2 cm³/mol. The molecule has 0 amide bonds. The Morgan fingerprint density at radius 2 is 1.81 bits per heavy atom. The molecule has 0 aliphatic heterocycles. The van der Waals surface area contributed by atoms with Gasteiger partial charge in [-0.3, -0.25) is 0 Å². The van der Waals surface area contributed by atoms with E-state index >= 15 is 0 Å². The van der Waals surface area contributed by atoms with Crippen LogP contribution in [-0.4, -0.2) is 5.75 Å². The molecule has 0 radical (unpaired) electrons. The van der Waals surface area contributed by atoms with E-state index in [0.29, 0.717) is 5.92 Å². The number of para-hydroxylation sites is 1. The predicted octanol–water partition coefficient (Wildman–Crippen LogP) is 5.70. The zero-order valence-corrected chi connectivity index (χ0v) is 13.6. The van der Waals surface area contributed by atoms with E-state index in [-0.39, 0.29) is 0 Å². The second-order valence-corrected chi connectivity index (χ2v) is 6.41. The highest BCUT2D eigenvalue weighted by Crippen LogP contribution is 2.27. The normalized spacial score (nSPS) is 10.6. The van der Waals surface area contributed by atoms with Crippen LogP contribution in [0.4, 0.5) is 5.69 Å². The van der Waals surface area contributed by atoms with Crippen molar-refractivity contribution in [1.82, 2.24) is 0 Å². The van der Waals surface area contributed by atoms with Gasteiger partial charge in [0.15, 0.2) is 0 Å². The minimum Gasteiger partial charge on any atom is -0.380 e. The molecule has 0 saturated carbocycles. The van der Waals surface area contributed by atoms with E-state index in [1.165, 1.54) is 21.7 Å². The summed E-state index contributed by atoms with van der Waals surface area (Å²) in [7, 11) is 0. The Kier molecular flexibility index (Phi) is 5.94. The van der Waals surface area contributed by atoms with Gasteiger partial charge in [0.1, 0.15) is 0 Å². The van der Waals surface area contributed by atoms with Gasteiger partial charge in [-0.25, -0.2) is 0 Å². The Morgan fingerprint density at radius 1 is 1.10 bits per heavy atom. The second kappa shape index (κ2) is 7.94. The Bertz CT molecular complexity index is 572. The number of hydrogen-bond acceptors (Lipinski definition) is 2. The first-order valence-corrected chi connectivity index (χ1v) is 8.34. The van der Waals surface area contributed by atoms with Gasteiger partial charge in [-0.2, -0.15) is 0 Å². The minimum atomic E-state index is 0.586. The molecule has 2 aromatic carbocycles. The lowest BCUT2D eigenvalue weighted by Gasteiger charge is -2.12. The first-order valence-electron chi connectivity index (χ1n) is 7.36. The van der Waals surface area contributed by atoms with E-state index in [1.807, 2.05) is 17.8 Å². The average molecular weight is 297 g/mol. The van der Waals surface area contributed by atoms with Crippen molar-refractivity contribution in [2.75, 3.05) is 11.1 Å². The number of rotatable bonds is 7. The summed E-state index contributed by atoms with van der Waals surface area (Å²) in [6, 6.07) is 17.3. The molecule has 0 aromatic heterocycles. The quantitative estimate of drug-likeness (QED) is 0.519. The first-order chi connectivity index (χ1) is 10.2. The summed E-state index contributed by atoms with van der Waals surface area (Å²) in [5.41, 5.74) is 3.89. The molecule has 1 nitrogen and oxygen atoms in total. The van der Waals surface area contributed by atoms with E-state index < -0.39 is 0 Å². The molecule has 2 aromatic rings. The third-order valence-corrected chi connectivity index (χ3v) is 4.44. The zero-order chi connectivity index (χ0) is 15.1. The van der Waals surface area contributed by atoms with Crippen LogP contribution < -0.4 is 5.32 Å². The largest absolute Gasteiger partial charge is 0.380 e. The van der Waals surface area contributed by atoms with Gasteiger partial charge in [0.05, 0.1) is 0 Å². The van der Waals surface area contributed by atoms with Crippen molar-refractivity contribution in [1.29, 1.82) is 0 Å². The maximum Gasteiger partial charge on any atom is 0.0481 e. The van der Waals surface area contributed by atoms with Crippen molar-refractivity contribution in [2.45, 2.75) is 31.2 Å². The van der Waals surface area contributed by atoms with E-state index in [0.717, 1.165) is 12.3 Å². The molecule has 2 rings (SSSR count). The third-order valence-electron chi connectivity index (χ3n) is 3.37. The van der Waals surface area contributed by atoms with Gasteiger partial charge in [0.2, 0.25) is 0 Å². The molecule has 1 N–H and O–H groups in total. The van der Waals surface area contributed by atoms with Crippen LogP contribution in [0.2, 0.25) is 0 Å². The van der Waals surface area contributed by atoms with Crippen LogP contribution in [0.5, 0.6) is 0 Å². The van der Waals surface area contributed by atoms with Crippen molar-refractivity contribution >= 4 is 17.4 Å². The van der Waals surface area contributed by atoms with Crippen LogP contribution in [0.3, 0.4) is 0 Å². The second-order valence-electron chi connectivity index (χ2n) is 5.35.